The summed E-state index contributed by atoms with van der Waals surface area (Å²) in [4.78, 5) is 1.14. The summed E-state index contributed by atoms with van der Waals surface area (Å²) < 4.78 is 2.13. The third-order valence-corrected chi connectivity index (χ3v) is 7.28. The Bertz CT molecular complexity index is 760. The van der Waals surface area contributed by atoms with Gasteiger partial charge in [-0.1, -0.05) is 36.4 Å². The number of halogens is 3. The van der Waals surface area contributed by atoms with Crippen LogP contribution in [0.4, 0.5) is 0 Å². The molecule has 0 aliphatic carbocycles. The van der Waals surface area contributed by atoms with Crippen LogP contribution in [-0.4, -0.2) is 0 Å². The van der Waals surface area contributed by atoms with Crippen molar-refractivity contribution in [3.63, 3.8) is 0 Å². The first-order valence-corrected chi connectivity index (χ1v) is 8.99. The van der Waals surface area contributed by atoms with Gasteiger partial charge in [-0.15, -0.1) is 22.9 Å². The number of rotatable bonds is 2. The van der Waals surface area contributed by atoms with E-state index in [1.54, 1.807) is 11.3 Å². The molecule has 1 unspecified atom stereocenters. The molecule has 4 heteroatoms. The number of hydrogen-bond acceptors (Lipinski definition) is 1. The van der Waals surface area contributed by atoms with E-state index in [1.807, 2.05) is 0 Å². The SMILES string of the molecule is Cc1ccc(C(Cl)c2cc(Br)c(Br)s2)c2ccccc12. The Hall–Kier alpha value is -0.350. The van der Waals surface area contributed by atoms with Gasteiger partial charge in [0.05, 0.1) is 9.16 Å². The lowest BCUT2D eigenvalue weighted by Crippen LogP contribution is -1.93. The fraction of sp³-hybridized carbons (Fsp3) is 0.125. The van der Waals surface area contributed by atoms with Gasteiger partial charge in [-0.05, 0) is 66.7 Å². The van der Waals surface area contributed by atoms with Crippen molar-refractivity contribution in [2.24, 2.45) is 0 Å². The van der Waals surface area contributed by atoms with Crippen molar-refractivity contribution >= 4 is 65.6 Å². The van der Waals surface area contributed by atoms with Gasteiger partial charge in [0.2, 0.25) is 0 Å². The Morgan fingerprint density at radius 3 is 2.40 bits per heavy atom. The molecule has 0 fully saturated rings. The molecular formula is C16H11Br2ClS. The van der Waals surface area contributed by atoms with Gasteiger partial charge >= 0.3 is 0 Å². The summed E-state index contributed by atoms with van der Waals surface area (Å²) in [6, 6.07) is 14.8. The average molecular weight is 431 g/mol. The van der Waals surface area contributed by atoms with E-state index in [0.717, 1.165) is 18.7 Å². The molecule has 2 aromatic carbocycles. The summed E-state index contributed by atoms with van der Waals surface area (Å²) >= 11 is 15.4. The predicted octanol–water partition coefficient (Wildman–Crippen LogP) is 7.06. The lowest BCUT2D eigenvalue weighted by molar-refractivity contribution is 1.20. The minimum absolute atomic E-state index is 0.131. The van der Waals surface area contributed by atoms with Gasteiger partial charge in [0, 0.05) is 9.35 Å². The van der Waals surface area contributed by atoms with Crippen LogP contribution in [-0.2, 0) is 0 Å². The smallest absolute Gasteiger partial charge is 0.0934 e. The minimum atomic E-state index is -0.131. The van der Waals surface area contributed by atoms with E-state index < -0.39 is 0 Å². The lowest BCUT2D eigenvalue weighted by Gasteiger charge is -2.13. The second-order valence-corrected chi connectivity index (χ2v) is 8.34. The van der Waals surface area contributed by atoms with E-state index in [1.165, 1.54) is 16.3 Å². The van der Waals surface area contributed by atoms with Crippen molar-refractivity contribution in [3.05, 3.63) is 66.7 Å². The molecule has 20 heavy (non-hydrogen) atoms. The third kappa shape index (κ3) is 2.57. The number of thiophene rings is 1. The molecule has 102 valence electrons. The van der Waals surface area contributed by atoms with Crippen LogP contribution in [0.25, 0.3) is 10.8 Å². The first kappa shape index (κ1) is 14.6. The Morgan fingerprint density at radius 2 is 1.75 bits per heavy atom. The molecule has 0 amide bonds. The standard InChI is InChI=1S/C16H11Br2ClS/c1-9-6-7-12(11-5-3-2-4-10(9)11)15(19)14-8-13(17)16(18)20-14/h2-8,15H,1H3. The maximum Gasteiger partial charge on any atom is 0.0934 e. The molecule has 3 rings (SSSR count). The van der Waals surface area contributed by atoms with Gasteiger partial charge in [0.25, 0.3) is 0 Å². The maximum absolute atomic E-state index is 6.72. The maximum atomic E-state index is 6.72. The van der Waals surface area contributed by atoms with Crippen LogP contribution in [0.5, 0.6) is 0 Å². The normalized spacial score (nSPS) is 12.8. The summed E-state index contributed by atoms with van der Waals surface area (Å²) in [6.45, 7) is 2.13. The Kier molecular flexibility index (Phi) is 4.23. The van der Waals surface area contributed by atoms with Gasteiger partial charge in [-0.2, -0.15) is 0 Å². The average Bonchev–Trinajstić information content (AvgIpc) is 2.79. The monoisotopic (exact) mass is 428 g/mol. The topological polar surface area (TPSA) is 0 Å². The molecule has 0 radical (unpaired) electrons. The van der Waals surface area contributed by atoms with E-state index in [9.17, 15) is 0 Å². The summed E-state index contributed by atoms with van der Waals surface area (Å²) in [5, 5.41) is 2.37. The molecule has 0 saturated heterocycles. The highest BCUT2D eigenvalue weighted by Gasteiger charge is 2.18. The number of alkyl halides is 1. The van der Waals surface area contributed by atoms with Crippen molar-refractivity contribution in [1.29, 1.82) is 0 Å². The second-order valence-electron chi connectivity index (χ2n) is 4.65. The third-order valence-electron chi connectivity index (χ3n) is 3.36. The molecule has 0 bridgehead atoms. The zero-order chi connectivity index (χ0) is 14.3. The molecule has 1 aromatic heterocycles. The van der Waals surface area contributed by atoms with Crippen LogP contribution in [0.2, 0.25) is 0 Å². The van der Waals surface area contributed by atoms with E-state index in [4.69, 9.17) is 11.6 Å². The van der Waals surface area contributed by atoms with Crippen molar-refractivity contribution < 1.29 is 0 Å². The largest absolute Gasteiger partial charge is 0.130 e. The summed E-state index contributed by atoms with van der Waals surface area (Å²) in [7, 11) is 0. The zero-order valence-electron chi connectivity index (χ0n) is 10.7. The number of fused-ring (bicyclic) bond motifs is 1. The minimum Gasteiger partial charge on any atom is -0.130 e. The molecule has 1 atom stereocenters. The summed E-state index contributed by atoms with van der Waals surface area (Å²) in [5.74, 6) is 0. The van der Waals surface area contributed by atoms with E-state index in [2.05, 4.69) is 81.2 Å². The number of hydrogen-bond donors (Lipinski definition) is 0. The zero-order valence-corrected chi connectivity index (χ0v) is 15.4. The van der Waals surface area contributed by atoms with Crippen LogP contribution in [0.15, 0.2) is 50.7 Å². The fourth-order valence-corrected chi connectivity index (χ4v) is 4.81. The summed E-state index contributed by atoms with van der Waals surface area (Å²) in [5.41, 5.74) is 2.44. The van der Waals surface area contributed by atoms with Gasteiger partial charge in [-0.3, -0.25) is 0 Å². The van der Waals surface area contributed by atoms with Gasteiger partial charge < -0.3 is 0 Å². The highest BCUT2D eigenvalue weighted by molar-refractivity contribution is 9.13. The molecule has 0 spiro atoms. The highest BCUT2D eigenvalue weighted by Crippen LogP contribution is 2.42. The second kappa shape index (κ2) is 5.80. The molecule has 0 nitrogen and oxygen atoms in total. The fourth-order valence-electron chi connectivity index (χ4n) is 2.34. The Balaban J connectivity index is 2.17. The quantitative estimate of drug-likeness (QED) is 0.382. The van der Waals surface area contributed by atoms with Gasteiger partial charge in [0.15, 0.2) is 0 Å². The lowest BCUT2D eigenvalue weighted by atomic mass is 9.98. The molecule has 1 heterocycles. The highest BCUT2D eigenvalue weighted by atomic mass is 79.9. The van der Waals surface area contributed by atoms with E-state index in [0.29, 0.717) is 0 Å². The van der Waals surface area contributed by atoms with Crippen molar-refractivity contribution in [2.75, 3.05) is 0 Å². The molecular weight excluding hydrogens is 420 g/mol. The summed E-state index contributed by atoms with van der Waals surface area (Å²) in [6.07, 6.45) is 0. The first-order valence-electron chi connectivity index (χ1n) is 6.15. The molecule has 0 aliphatic heterocycles. The number of benzene rings is 2. The van der Waals surface area contributed by atoms with Crippen molar-refractivity contribution in [2.45, 2.75) is 12.3 Å². The first-order chi connectivity index (χ1) is 9.58. The van der Waals surface area contributed by atoms with Crippen LogP contribution in [0, 0.1) is 6.92 Å². The molecule has 0 aliphatic rings. The molecule has 0 N–H and O–H groups in total. The number of aryl methyl sites for hydroxylation is 1. The Morgan fingerprint density at radius 1 is 1.05 bits per heavy atom. The van der Waals surface area contributed by atoms with Crippen LogP contribution in [0.1, 0.15) is 21.4 Å². The van der Waals surface area contributed by atoms with Crippen molar-refractivity contribution in [1.82, 2.24) is 0 Å². The Labute approximate surface area is 144 Å². The van der Waals surface area contributed by atoms with Crippen LogP contribution >= 0.6 is 54.8 Å². The van der Waals surface area contributed by atoms with Gasteiger partial charge in [0.1, 0.15) is 0 Å². The van der Waals surface area contributed by atoms with E-state index >= 15 is 0 Å². The predicted molar refractivity (Wildman–Crippen MR) is 96.1 cm³/mol. The van der Waals surface area contributed by atoms with E-state index in [-0.39, 0.29) is 5.38 Å². The molecule has 0 saturated carbocycles. The van der Waals surface area contributed by atoms with Gasteiger partial charge in [-0.25, -0.2) is 0 Å². The van der Waals surface area contributed by atoms with Crippen LogP contribution in [0.3, 0.4) is 0 Å². The van der Waals surface area contributed by atoms with Crippen LogP contribution < -0.4 is 0 Å². The molecule has 3 aromatic rings. The van der Waals surface area contributed by atoms with Crippen molar-refractivity contribution in [3.8, 4) is 0 Å².